The number of sulfonamides is 1. The molecule has 0 aliphatic carbocycles. The molecule has 1 atom stereocenters. The highest BCUT2D eigenvalue weighted by Crippen LogP contribution is 2.57. The van der Waals surface area contributed by atoms with Crippen LogP contribution in [-0.2, 0) is 23.6 Å². The summed E-state index contributed by atoms with van der Waals surface area (Å²) in [5.41, 5.74) is 0.989. The van der Waals surface area contributed by atoms with Crippen molar-refractivity contribution >= 4 is 17.6 Å². The van der Waals surface area contributed by atoms with Gasteiger partial charge in [0, 0.05) is 12.6 Å². The minimum atomic E-state index is -3.69. The molecule has 0 fully saturated rings. The Bertz CT molecular complexity index is 763. The topological polar surface area (TPSA) is 72.9 Å². The summed E-state index contributed by atoms with van der Waals surface area (Å²) in [5.74, 6) is 0. The van der Waals surface area contributed by atoms with Crippen LogP contribution >= 0.6 is 7.60 Å². The van der Waals surface area contributed by atoms with Gasteiger partial charge < -0.3 is 9.05 Å². The van der Waals surface area contributed by atoms with Crippen molar-refractivity contribution in [2.75, 3.05) is 19.8 Å². The van der Waals surface area contributed by atoms with Gasteiger partial charge in [0.1, 0.15) is 0 Å². The zero-order chi connectivity index (χ0) is 18.7. The van der Waals surface area contributed by atoms with Gasteiger partial charge in [-0.25, -0.2) is 8.42 Å². The molecular formula is C17H26NO5PS. The Labute approximate surface area is 150 Å². The Morgan fingerprint density at radius 1 is 1.16 bits per heavy atom. The largest absolute Gasteiger partial charge is 0.358 e. The molecular weight excluding hydrogens is 361 g/mol. The van der Waals surface area contributed by atoms with E-state index in [2.05, 4.69) is 0 Å². The van der Waals surface area contributed by atoms with Crippen molar-refractivity contribution in [1.82, 2.24) is 4.31 Å². The van der Waals surface area contributed by atoms with Crippen LogP contribution in [-0.4, -0.2) is 38.5 Å². The summed E-state index contributed by atoms with van der Waals surface area (Å²) >= 11 is 0. The molecule has 1 heterocycles. The smallest absolute Gasteiger partial charge is 0.306 e. The number of nitrogens with zero attached hydrogens (tertiary/aromatic N) is 1. The summed E-state index contributed by atoms with van der Waals surface area (Å²) in [5, 5.41) is 0.407. The van der Waals surface area contributed by atoms with Gasteiger partial charge >= 0.3 is 7.60 Å². The molecule has 1 aliphatic rings. The van der Waals surface area contributed by atoms with E-state index in [1.165, 1.54) is 4.31 Å². The lowest BCUT2D eigenvalue weighted by atomic mass is 10.2. The van der Waals surface area contributed by atoms with Crippen molar-refractivity contribution < 1.29 is 22.0 Å². The number of benzene rings is 1. The normalized spacial score (nSPS) is 19.7. The Hall–Kier alpha value is -0.980. The fourth-order valence-corrected chi connectivity index (χ4v) is 6.17. The summed E-state index contributed by atoms with van der Waals surface area (Å²) in [7, 11) is -7.16. The van der Waals surface area contributed by atoms with Gasteiger partial charge in [-0.1, -0.05) is 23.8 Å². The van der Waals surface area contributed by atoms with E-state index in [1.54, 1.807) is 44.2 Å². The van der Waals surface area contributed by atoms with E-state index in [0.29, 0.717) is 11.7 Å². The van der Waals surface area contributed by atoms with Crippen LogP contribution in [0.1, 0.15) is 32.8 Å². The van der Waals surface area contributed by atoms with E-state index in [-0.39, 0.29) is 30.7 Å². The molecule has 0 bridgehead atoms. The molecule has 140 valence electrons. The predicted molar refractivity (Wildman–Crippen MR) is 98.1 cm³/mol. The van der Waals surface area contributed by atoms with Crippen LogP contribution in [0.4, 0.5) is 0 Å². The van der Waals surface area contributed by atoms with Gasteiger partial charge in [-0.15, -0.1) is 0 Å². The lowest BCUT2D eigenvalue weighted by Gasteiger charge is -2.34. The summed E-state index contributed by atoms with van der Waals surface area (Å²) in [6, 6.07) is 6.50. The first-order valence-corrected chi connectivity index (χ1v) is 11.4. The van der Waals surface area contributed by atoms with Gasteiger partial charge in [-0.05, 0) is 46.2 Å². The van der Waals surface area contributed by atoms with Crippen molar-refractivity contribution in [2.45, 2.75) is 45.1 Å². The quantitative estimate of drug-likeness (QED) is 0.663. The molecule has 0 N–H and O–H groups in total. The van der Waals surface area contributed by atoms with Gasteiger partial charge in [0.15, 0.2) is 0 Å². The van der Waals surface area contributed by atoms with Crippen LogP contribution in [0.25, 0.3) is 0 Å². The summed E-state index contributed by atoms with van der Waals surface area (Å²) in [6.07, 6.45) is 2.25. The van der Waals surface area contributed by atoms with Crippen LogP contribution < -0.4 is 0 Å². The van der Waals surface area contributed by atoms with Crippen molar-refractivity contribution in [3.63, 3.8) is 0 Å². The van der Waals surface area contributed by atoms with Gasteiger partial charge in [0.25, 0.3) is 0 Å². The monoisotopic (exact) mass is 387 g/mol. The molecule has 0 saturated carbocycles. The first-order chi connectivity index (χ1) is 11.7. The van der Waals surface area contributed by atoms with Gasteiger partial charge in [0.05, 0.1) is 23.4 Å². The number of hydrogen-bond donors (Lipinski definition) is 0. The third kappa shape index (κ3) is 4.41. The highest BCUT2D eigenvalue weighted by atomic mass is 32.2. The first-order valence-electron chi connectivity index (χ1n) is 8.41. The lowest BCUT2D eigenvalue weighted by molar-refractivity contribution is 0.222. The maximum absolute atomic E-state index is 13.0. The molecule has 0 saturated heterocycles. The highest BCUT2D eigenvalue weighted by molar-refractivity contribution is 7.89. The van der Waals surface area contributed by atoms with Crippen molar-refractivity contribution in [2.24, 2.45) is 0 Å². The standard InChI is InChI=1S/C17H26NO5PS/c1-5-22-24(19,23-6-2)16-10-9-15(4)18(13-16)25(20,21)17-11-7-14(3)8-12-17/h7-8,10-12,15H,5-6,9,13H2,1-4H3/t15-/m0/s1. The van der Waals surface area contributed by atoms with Gasteiger partial charge in [-0.2, -0.15) is 4.31 Å². The summed E-state index contributed by atoms with van der Waals surface area (Å²) in [6.45, 7) is 7.68. The zero-order valence-electron chi connectivity index (χ0n) is 15.1. The van der Waals surface area contributed by atoms with Crippen LogP contribution in [0, 0.1) is 6.92 Å². The predicted octanol–water partition coefficient (Wildman–Crippen LogP) is 3.93. The lowest BCUT2D eigenvalue weighted by Crippen LogP contribution is -2.42. The molecule has 2 rings (SSSR count). The minimum Gasteiger partial charge on any atom is -0.306 e. The molecule has 0 amide bonds. The average molecular weight is 387 g/mol. The average Bonchev–Trinajstić information content (AvgIpc) is 2.55. The minimum absolute atomic E-state index is 0.00859. The maximum atomic E-state index is 13.0. The number of hydrogen-bond acceptors (Lipinski definition) is 5. The van der Waals surface area contributed by atoms with Crippen LogP contribution in [0.15, 0.2) is 40.6 Å². The second kappa shape index (κ2) is 8.14. The Morgan fingerprint density at radius 2 is 1.72 bits per heavy atom. The molecule has 0 spiro atoms. The van der Waals surface area contributed by atoms with Gasteiger partial charge in [0.2, 0.25) is 10.0 Å². The molecule has 25 heavy (non-hydrogen) atoms. The van der Waals surface area contributed by atoms with E-state index in [0.717, 1.165) is 5.56 Å². The van der Waals surface area contributed by atoms with Crippen LogP contribution in [0.3, 0.4) is 0 Å². The number of aryl methyl sites for hydroxylation is 1. The summed E-state index contributed by atoms with van der Waals surface area (Å²) < 4.78 is 51.2. The van der Waals surface area contributed by atoms with E-state index < -0.39 is 17.6 Å². The second-order valence-corrected chi connectivity index (χ2v) is 9.95. The molecule has 1 aromatic carbocycles. The fraction of sp³-hybridized carbons (Fsp3) is 0.529. The Balaban J connectivity index is 2.35. The summed E-state index contributed by atoms with van der Waals surface area (Å²) in [4.78, 5) is 0.230. The molecule has 1 aromatic rings. The molecule has 8 heteroatoms. The Kier molecular flexibility index (Phi) is 6.62. The third-order valence-electron chi connectivity index (χ3n) is 4.08. The van der Waals surface area contributed by atoms with E-state index in [4.69, 9.17) is 9.05 Å². The first kappa shape index (κ1) is 20.3. The zero-order valence-corrected chi connectivity index (χ0v) is 16.8. The van der Waals surface area contributed by atoms with E-state index >= 15 is 0 Å². The third-order valence-corrected chi connectivity index (χ3v) is 8.28. The van der Waals surface area contributed by atoms with Crippen molar-refractivity contribution in [3.8, 4) is 0 Å². The second-order valence-electron chi connectivity index (χ2n) is 5.98. The van der Waals surface area contributed by atoms with E-state index in [1.807, 2.05) is 13.8 Å². The van der Waals surface area contributed by atoms with Crippen molar-refractivity contribution in [1.29, 1.82) is 0 Å². The van der Waals surface area contributed by atoms with E-state index in [9.17, 15) is 13.0 Å². The maximum Gasteiger partial charge on any atom is 0.358 e. The molecule has 6 nitrogen and oxygen atoms in total. The molecule has 1 aliphatic heterocycles. The number of rotatable bonds is 7. The Morgan fingerprint density at radius 3 is 2.24 bits per heavy atom. The molecule has 0 aromatic heterocycles. The van der Waals surface area contributed by atoms with Crippen LogP contribution in [0.2, 0.25) is 0 Å². The SMILES string of the molecule is CCOP(=O)(OCC)C1=CC[C@H](C)N(S(=O)(=O)c2ccc(C)cc2)C1. The molecule has 0 unspecified atom stereocenters. The highest BCUT2D eigenvalue weighted by Gasteiger charge is 2.39. The fourth-order valence-electron chi connectivity index (χ4n) is 2.71. The van der Waals surface area contributed by atoms with Crippen molar-refractivity contribution in [3.05, 3.63) is 41.2 Å². The molecule has 0 radical (unpaired) electrons. The van der Waals surface area contributed by atoms with Gasteiger partial charge in [-0.3, -0.25) is 4.57 Å². The van der Waals surface area contributed by atoms with Crippen LogP contribution in [0.5, 0.6) is 0 Å².